The summed E-state index contributed by atoms with van der Waals surface area (Å²) in [6.45, 7) is 6.84. The first kappa shape index (κ1) is 36.9. The van der Waals surface area contributed by atoms with E-state index < -0.39 is 0 Å². The first-order chi connectivity index (χ1) is 23.2. The summed E-state index contributed by atoms with van der Waals surface area (Å²) in [7, 11) is 5.33. The smallest absolute Gasteiger partial charge is 0.258 e. The van der Waals surface area contributed by atoms with E-state index in [0.29, 0.717) is 47.2 Å². The number of hydrogen-bond acceptors (Lipinski definition) is 9. The molecule has 1 aliphatic rings. The third kappa shape index (κ3) is 10.1. The Hall–Kier alpha value is -3.90. The second-order valence-electron chi connectivity index (χ2n) is 12.1. The Bertz CT molecular complexity index is 1530. The summed E-state index contributed by atoms with van der Waals surface area (Å²) in [5.41, 5.74) is 8.73. The lowest BCUT2D eigenvalue weighted by molar-refractivity contribution is -0.113. The number of nitrogens with zero attached hydrogens (tertiary/aromatic N) is 3. The molecule has 1 saturated heterocycles. The summed E-state index contributed by atoms with van der Waals surface area (Å²) < 4.78 is 11.8. The Morgan fingerprint density at radius 2 is 1.79 bits per heavy atom. The summed E-state index contributed by atoms with van der Waals surface area (Å²) in [5.74, 6) is 1.31. The van der Waals surface area contributed by atoms with Crippen LogP contribution >= 0.6 is 11.8 Å². The Kier molecular flexibility index (Phi) is 14.3. The van der Waals surface area contributed by atoms with Gasteiger partial charge in [-0.2, -0.15) is 0 Å². The highest BCUT2D eigenvalue weighted by atomic mass is 32.2. The van der Waals surface area contributed by atoms with Crippen molar-refractivity contribution >= 4 is 41.2 Å². The monoisotopic (exact) mass is 675 g/mol. The van der Waals surface area contributed by atoms with E-state index in [1.807, 2.05) is 43.3 Å². The molecule has 0 saturated carbocycles. The molecule has 0 bridgehead atoms. The maximum atomic E-state index is 13.7. The minimum Gasteiger partial charge on any atom is -0.495 e. The van der Waals surface area contributed by atoms with Gasteiger partial charge in [0.05, 0.1) is 36.7 Å². The molecule has 3 N–H and O–H groups in total. The Labute approximate surface area is 288 Å². The largest absolute Gasteiger partial charge is 0.495 e. The number of thioether (sulfide) groups is 1. The van der Waals surface area contributed by atoms with Crippen molar-refractivity contribution in [3.8, 4) is 11.5 Å². The Morgan fingerprint density at radius 3 is 2.52 bits per heavy atom. The number of amides is 2. The van der Waals surface area contributed by atoms with Crippen LogP contribution in [0.2, 0.25) is 0 Å². The summed E-state index contributed by atoms with van der Waals surface area (Å²) in [6.07, 6.45) is 4.39. The van der Waals surface area contributed by atoms with Gasteiger partial charge in [-0.3, -0.25) is 14.5 Å². The molecule has 48 heavy (non-hydrogen) atoms. The van der Waals surface area contributed by atoms with Gasteiger partial charge in [0.1, 0.15) is 17.8 Å². The number of carbonyl (C=O) groups excluding carboxylic acids is 3. The fraction of sp³-hybridized carbons (Fsp3) is 0.432. The number of likely N-dealkylation sites (N-methyl/N-ethyl adjacent to an activating group) is 1. The number of nitrogens with two attached hydrogens (primary N) is 1. The maximum Gasteiger partial charge on any atom is 0.258 e. The number of carbonyl (C=O) groups is 3. The van der Waals surface area contributed by atoms with Gasteiger partial charge in [0, 0.05) is 43.7 Å². The van der Waals surface area contributed by atoms with Crippen LogP contribution in [-0.4, -0.2) is 100 Å². The number of ether oxygens (including phenoxy) is 2. The predicted octanol–water partition coefficient (Wildman–Crippen LogP) is 5.34. The minimum absolute atomic E-state index is 0.0602. The van der Waals surface area contributed by atoms with Gasteiger partial charge in [0.25, 0.3) is 11.8 Å². The molecule has 3 aromatic rings. The molecular formula is C37H49N5O5S. The van der Waals surface area contributed by atoms with E-state index in [9.17, 15) is 14.4 Å². The van der Waals surface area contributed by atoms with Crippen LogP contribution in [0.1, 0.15) is 52.0 Å². The summed E-state index contributed by atoms with van der Waals surface area (Å²) in [4.78, 5) is 45.7. The molecule has 0 radical (unpaired) electrons. The number of anilines is 2. The van der Waals surface area contributed by atoms with Crippen molar-refractivity contribution in [3.63, 3.8) is 0 Å². The van der Waals surface area contributed by atoms with Crippen molar-refractivity contribution in [2.45, 2.75) is 43.5 Å². The number of aryl methyl sites for hydroxylation is 1. The fourth-order valence-electron chi connectivity index (χ4n) is 5.61. The second kappa shape index (κ2) is 18.6. The molecule has 0 aromatic heterocycles. The van der Waals surface area contributed by atoms with Gasteiger partial charge in [-0.1, -0.05) is 18.2 Å². The number of piperazine rings is 1. The van der Waals surface area contributed by atoms with Crippen molar-refractivity contribution in [1.29, 1.82) is 0 Å². The van der Waals surface area contributed by atoms with Crippen LogP contribution in [0.25, 0.3) is 0 Å². The molecule has 4 rings (SSSR count). The van der Waals surface area contributed by atoms with Crippen LogP contribution in [0.15, 0.2) is 65.6 Å². The van der Waals surface area contributed by atoms with E-state index in [1.54, 1.807) is 48.0 Å². The molecule has 0 aliphatic carbocycles. The lowest BCUT2D eigenvalue weighted by Gasteiger charge is -2.35. The van der Waals surface area contributed by atoms with Crippen molar-refractivity contribution in [2.75, 3.05) is 76.5 Å². The first-order valence-corrected chi connectivity index (χ1v) is 17.5. The zero-order valence-electron chi connectivity index (χ0n) is 28.6. The van der Waals surface area contributed by atoms with Crippen molar-refractivity contribution in [1.82, 2.24) is 9.80 Å². The van der Waals surface area contributed by atoms with Crippen LogP contribution < -0.4 is 25.4 Å². The van der Waals surface area contributed by atoms with Crippen LogP contribution in [0.3, 0.4) is 0 Å². The number of unbranched alkanes of at least 4 members (excludes halogenated alkanes) is 1. The van der Waals surface area contributed by atoms with E-state index in [0.717, 1.165) is 74.4 Å². The number of hydrogen-bond donors (Lipinski definition) is 2. The normalized spacial score (nSPS) is 14.3. The fourth-order valence-corrected chi connectivity index (χ4v) is 6.63. The topological polar surface area (TPSA) is 117 Å². The summed E-state index contributed by atoms with van der Waals surface area (Å²) >= 11 is 1.60. The standard InChI is InChI=1S/C37H49N5O5S/c1-27-13-16-32(34(24-27)47-22-8-7-10-29(26-43)42-20-18-40(2)19-21-42)41(3)37(45)28-14-15-31(33(25-28)46-4)39-36(44)30-11-5-6-12-35(30)48-23-9-17-38/h5-6,11-16,24-26,29H,7-10,17-23,38H2,1-4H3,(H,39,44). The minimum atomic E-state index is -0.261. The molecule has 2 amide bonds. The molecule has 3 aromatic carbocycles. The van der Waals surface area contributed by atoms with Gasteiger partial charge in [0.15, 0.2) is 0 Å². The number of aldehydes is 1. The van der Waals surface area contributed by atoms with Gasteiger partial charge >= 0.3 is 0 Å². The zero-order valence-corrected chi connectivity index (χ0v) is 29.4. The first-order valence-electron chi connectivity index (χ1n) is 16.6. The molecule has 1 aliphatic heterocycles. The molecule has 1 fully saturated rings. The van der Waals surface area contributed by atoms with E-state index in [4.69, 9.17) is 15.2 Å². The molecule has 1 heterocycles. The quantitative estimate of drug-likeness (QED) is 0.111. The number of benzene rings is 3. The lowest BCUT2D eigenvalue weighted by Crippen LogP contribution is -2.49. The predicted molar refractivity (Wildman–Crippen MR) is 194 cm³/mol. The van der Waals surface area contributed by atoms with E-state index >= 15 is 0 Å². The zero-order chi connectivity index (χ0) is 34.5. The van der Waals surface area contributed by atoms with E-state index in [1.165, 1.54) is 7.11 Å². The maximum absolute atomic E-state index is 13.7. The van der Waals surface area contributed by atoms with Gasteiger partial charge in [-0.05, 0) is 100.0 Å². The molecular weight excluding hydrogens is 627 g/mol. The van der Waals surface area contributed by atoms with Crippen LogP contribution in [0, 0.1) is 6.92 Å². The lowest BCUT2D eigenvalue weighted by atomic mass is 10.1. The Morgan fingerprint density at radius 1 is 1.02 bits per heavy atom. The highest BCUT2D eigenvalue weighted by molar-refractivity contribution is 7.99. The average molecular weight is 676 g/mol. The van der Waals surface area contributed by atoms with Crippen LogP contribution in [0.4, 0.5) is 11.4 Å². The van der Waals surface area contributed by atoms with Gasteiger partial charge in [-0.25, -0.2) is 0 Å². The average Bonchev–Trinajstić information content (AvgIpc) is 3.10. The molecule has 1 atom stereocenters. The third-order valence-electron chi connectivity index (χ3n) is 8.53. The molecule has 1 unspecified atom stereocenters. The molecule has 11 heteroatoms. The van der Waals surface area contributed by atoms with Crippen molar-refractivity contribution in [2.24, 2.45) is 5.73 Å². The molecule has 10 nitrogen and oxygen atoms in total. The second-order valence-corrected chi connectivity index (χ2v) is 13.2. The number of nitrogens with one attached hydrogen (secondary N) is 1. The highest BCUT2D eigenvalue weighted by Gasteiger charge is 2.23. The van der Waals surface area contributed by atoms with Crippen molar-refractivity contribution in [3.05, 3.63) is 77.4 Å². The van der Waals surface area contributed by atoms with Gasteiger partial charge < -0.3 is 35.1 Å². The third-order valence-corrected chi connectivity index (χ3v) is 9.69. The number of methoxy groups -OCH3 is 1. The molecule has 258 valence electrons. The Balaban J connectivity index is 1.38. The van der Waals surface area contributed by atoms with Gasteiger partial charge in [-0.15, -0.1) is 11.8 Å². The SMILES string of the molecule is COc1cc(C(=O)N(C)c2ccc(C)cc2OCCCCC(C=O)N2CCN(C)CC2)ccc1NC(=O)c1ccccc1SCCCN. The van der Waals surface area contributed by atoms with Crippen molar-refractivity contribution < 1.29 is 23.9 Å². The molecule has 0 spiro atoms. The number of rotatable bonds is 17. The summed E-state index contributed by atoms with van der Waals surface area (Å²) in [5, 5.41) is 2.94. The summed E-state index contributed by atoms with van der Waals surface area (Å²) in [6, 6.07) is 18.1. The van der Waals surface area contributed by atoms with Crippen LogP contribution in [-0.2, 0) is 4.79 Å². The highest BCUT2D eigenvalue weighted by Crippen LogP contribution is 2.33. The van der Waals surface area contributed by atoms with E-state index in [2.05, 4.69) is 22.2 Å². The van der Waals surface area contributed by atoms with Gasteiger partial charge in [0.2, 0.25) is 0 Å². The van der Waals surface area contributed by atoms with Crippen LogP contribution in [0.5, 0.6) is 11.5 Å². The van der Waals surface area contributed by atoms with E-state index in [-0.39, 0.29) is 17.9 Å².